The van der Waals surface area contributed by atoms with E-state index in [0.29, 0.717) is 21.8 Å². The minimum Gasteiger partial charge on any atom is -0.465 e. The number of anilines is 1. The predicted octanol–water partition coefficient (Wildman–Crippen LogP) is 2.33. The van der Waals surface area contributed by atoms with Crippen molar-refractivity contribution in [3.8, 4) is 0 Å². The Labute approximate surface area is 87.8 Å². The molecule has 0 aliphatic heterocycles. The molecule has 1 aromatic carbocycles. The average molecular weight is 214 g/mol. The number of benzene rings is 1. The molecule has 0 aliphatic rings. The first-order valence-corrected chi connectivity index (χ1v) is 4.50. The third-order valence-corrected chi connectivity index (χ3v) is 2.68. The molecule has 0 aliphatic carbocycles. The maximum atomic E-state index is 11.4. The third-order valence-electron chi connectivity index (χ3n) is 2.10. The number of ether oxygens (including phenoxy) is 1. The van der Waals surface area contributed by atoms with Crippen molar-refractivity contribution in [2.75, 3.05) is 12.8 Å². The summed E-state index contributed by atoms with van der Waals surface area (Å²) in [5.74, 6) is -0.457. The minimum absolute atomic E-state index is 0.350. The quantitative estimate of drug-likeness (QED) is 0.576. The molecule has 0 radical (unpaired) electrons. The summed E-state index contributed by atoms with van der Waals surface area (Å²) in [5.41, 5.74) is 7.98. The highest BCUT2D eigenvalue weighted by Crippen LogP contribution is 2.28. The Morgan fingerprint density at radius 3 is 2.57 bits per heavy atom. The molecule has 0 atom stereocenters. The lowest BCUT2D eigenvalue weighted by Gasteiger charge is -2.11. The van der Waals surface area contributed by atoms with Gasteiger partial charge in [-0.1, -0.05) is 11.6 Å². The Morgan fingerprint density at radius 1 is 1.50 bits per heavy atom. The number of nitrogen functional groups attached to an aromatic ring is 1. The van der Waals surface area contributed by atoms with Crippen LogP contribution in [0.5, 0.6) is 0 Å². The average Bonchev–Trinajstić information content (AvgIpc) is 2.14. The fourth-order valence-electron chi connectivity index (χ4n) is 1.36. The number of carbonyl (C=O) groups is 1. The van der Waals surface area contributed by atoms with Gasteiger partial charge in [-0.3, -0.25) is 0 Å². The van der Waals surface area contributed by atoms with Crippen molar-refractivity contribution in [3.05, 3.63) is 27.8 Å². The molecule has 0 unspecified atom stereocenters. The molecule has 0 amide bonds. The van der Waals surface area contributed by atoms with Crippen LogP contribution < -0.4 is 5.73 Å². The number of hydrogen-bond donors (Lipinski definition) is 1. The monoisotopic (exact) mass is 213 g/mol. The van der Waals surface area contributed by atoms with E-state index in [4.69, 9.17) is 17.3 Å². The van der Waals surface area contributed by atoms with Crippen molar-refractivity contribution >= 4 is 23.3 Å². The number of rotatable bonds is 1. The zero-order chi connectivity index (χ0) is 10.9. The fourth-order valence-corrected chi connectivity index (χ4v) is 1.51. The van der Waals surface area contributed by atoms with Gasteiger partial charge in [0.1, 0.15) is 0 Å². The van der Waals surface area contributed by atoms with E-state index < -0.39 is 5.97 Å². The molecule has 0 bridgehead atoms. The van der Waals surface area contributed by atoms with Crippen LogP contribution in [0.4, 0.5) is 5.69 Å². The molecule has 3 nitrogen and oxygen atoms in total. The molecule has 0 saturated heterocycles. The summed E-state index contributed by atoms with van der Waals surface area (Å²) in [4.78, 5) is 11.4. The maximum Gasteiger partial charge on any atom is 0.340 e. The van der Waals surface area contributed by atoms with E-state index in [9.17, 15) is 4.79 Å². The van der Waals surface area contributed by atoms with E-state index in [2.05, 4.69) is 4.74 Å². The lowest BCUT2D eigenvalue weighted by molar-refractivity contribution is 0.0601. The van der Waals surface area contributed by atoms with Crippen molar-refractivity contribution < 1.29 is 9.53 Å². The van der Waals surface area contributed by atoms with Gasteiger partial charge in [0.2, 0.25) is 0 Å². The second-order valence-corrected chi connectivity index (χ2v) is 3.47. The van der Waals surface area contributed by atoms with Crippen LogP contribution >= 0.6 is 11.6 Å². The summed E-state index contributed by atoms with van der Waals surface area (Å²) in [5, 5.41) is 0.555. The lowest BCUT2D eigenvalue weighted by Crippen LogP contribution is -2.09. The number of hydrogen-bond acceptors (Lipinski definition) is 3. The van der Waals surface area contributed by atoms with Crippen LogP contribution in [0.2, 0.25) is 5.02 Å². The second kappa shape index (κ2) is 3.88. The van der Waals surface area contributed by atoms with Gasteiger partial charge in [0, 0.05) is 10.7 Å². The Hall–Kier alpha value is -1.22. The normalized spacial score (nSPS) is 10.0. The van der Waals surface area contributed by atoms with Gasteiger partial charge in [-0.15, -0.1) is 0 Å². The van der Waals surface area contributed by atoms with Crippen molar-refractivity contribution in [2.45, 2.75) is 13.8 Å². The number of nitrogens with two attached hydrogens (primary N) is 1. The van der Waals surface area contributed by atoms with Gasteiger partial charge >= 0.3 is 5.97 Å². The summed E-state index contributed by atoms with van der Waals surface area (Å²) in [6.45, 7) is 3.59. The van der Waals surface area contributed by atoms with Gasteiger partial charge in [0.15, 0.2) is 0 Å². The van der Waals surface area contributed by atoms with Crippen molar-refractivity contribution in [1.82, 2.24) is 0 Å². The van der Waals surface area contributed by atoms with Gasteiger partial charge in [0.05, 0.1) is 12.7 Å². The predicted molar refractivity (Wildman–Crippen MR) is 56.7 cm³/mol. The molecule has 1 aromatic rings. The Balaban J connectivity index is 3.44. The smallest absolute Gasteiger partial charge is 0.340 e. The van der Waals surface area contributed by atoms with Gasteiger partial charge in [-0.25, -0.2) is 4.79 Å². The number of aryl methyl sites for hydroxylation is 1. The summed E-state index contributed by atoms with van der Waals surface area (Å²) in [7, 11) is 1.31. The molecule has 14 heavy (non-hydrogen) atoms. The first-order chi connectivity index (χ1) is 6.49. The molecule has 0 fully saturated rings. The topological polar surface area (TPSA) is 52.3 Å². The van der Waals surface area contributed by atoms with Crippen LogP contribution in [0.1, 0.15) is 21.5 Å². The highest BCUT2D eigenvalue weighted by atomic mass is 35.5. The van der Waals surface area contributed by atoms with Crippen LogP contribution in [0.3, 0.4) is 0 Å². The molecule has 0 heterocycles. The molecular formula is C10H12ClNO2. The van der Waals surface area contributed by atoms with Gasteiger partial charge in [-0.05, 0) is 31.0 Å². The summed E-state index contributed by atoms with van der Waals surface area (Å²) in [6, 6.07) is 1.67. The highest BCUT2D eigenvalue weighted by molar-refractivity contribution is 6.32. The van der Waals surface area contributed by atoms with Gasteiger partial charge in [-0.2, -0.15) is 0 Å². The van der Waals surface area contributed by atoms with Crippen molar-refractivity contribution in [1.29, 1.82) is 0 Å². The molecule has 0 spiro atoms. The Kier molecular flexibility index (Phi) is 3.01. The van der Waals surface area contributed by atoms with E-state index >= 15 is 0 Å². The summed E-state index contributed by atoms with van der Waals surface area (Å²) >= 11 is 5.99. The van der Waals surface area contributed by atoms with E-state index in [-0.39, 0.29) is 0 Å². The van der Waals surface area contributed by atoms with Crippen LogP contribution in [-0.2, 0) is 4.74 Å². The van der Waals surface area contributed by atoms with E-state index in [0.717, 1.165) is 5.56 Å². The zero-order valence-corrected chi connectivity index (χ0v) is 9.11. The van der Waals surface area contributed by atoms with Crippen LogP contribution in [0.25, 0.3) is 0 Å². The van der Waals surface area contributed by atoms with Crippen LogP contribution in [0, 0.1) is 13.8 Å². The van der Waals surface area contributed by atoms with E-state index in [1.165, 1.54) is 7.11 Å². The first kappa shape index (κ1) is 10.9. The van der Waals surface area contributed by atoms with Gasteiger partial charge in [0.25, 0.3) is 0 Å². The number of halogens is 1. The van der Waals surface area contributed by atoms with Crippen molar-refractivity contribution in [2.24, 2.45) is 0 Å². The SMILES string of the molecule is COC(=O)c1c(N)cc(C)c(Cl)c1C. The fraction of sp³-hybridized carbons (Fsp3) is 0.300. The summed E-state index contributed by atoms with van der Waals surface area (Å²) < 4.78 is 4.62. The maximum absolute atomic E-state index is 11.4. The number of esters is 1. The molecule has 1 rings (SSSR count). The standard InChI is InChI=1S/C10H12ClNO2/c1-5-4-7(12)8(10(13)14-3)6(2)9(5)11/h4H,12H2,1-3H3. The van der Waals surface area contributed by atoms with Crippen LogP contribution in [0.15, 0.2) is 6.07 Å². The lowest BCUT2D eigenvalue weighted by atomic mass is 10.0. The summed E-state index contributed by atoms with van der Waals surface area (Å²) in [6.07, 6.45) is 0. The molecule has 0 saturated carbocycles. The second-order valence-electron chi connectivity index (χ2n) is 3.09. The Morgan fingerprint density at radius 2 is 2.07 bits per heavy atom. The third kappa shape index (κ3) is 1.68. The molecular weight excluding hydrogens is 202 g/mol. The molecule has 2 N–H and O–H groups in total. The van der Waals surface area contributed by atoms with Crippen molar-refractivity contribution in [3.63, 3.8) is 0 Å². The zero-order valence-electron chi connectivity index (χ0n) is 8.35. The molecule has 4 heteroatoms. The van der Waals surface area contributed by atoms with Crippen LogP contribution in [-0.4, -0.2) is 13.1 Å². The van der Waals surface area contributed by atoms with E-state index in [1.54, 1.807) is 13.0 Å². The van der Waals surface area contributed by atoms with Gasteiger partial charge < -0.3 is 10.5 Å². The molecule has 76 valence electrons. The first-order valence-electron chi connectivity index (χ1n) is 4.12. The minimum atomic E-state index is -0.457. The Bertz CT molecular complexity index is 388. The molecule has 0 aromatic heterocycles. The van der Waals surface area contributed by atoms with E-state index in [1.807, 2.05) is 6.92 Å². The number of carbonyl (C=O) groups excluding carboxylic acids is 1. The number of methoxy groups -OCH3 is 1. The largest absolute Gasteiger partial charge is 0.465 e. The highest BCUT2D eigenvalue weighted by Gasteiger charge is 2.16.